The van der Waals surface area contributed by atoms with Gasteiger partial charge in [-0.05, 0) is 69.4 Å². The fourth-order valence-corrected chi connectivity index (χ4v) is 3.61. The predicted molar refractivity (Wildman–Crippen MR) is 99.9 cm³/mol. The summed E-state index contributed by atoms with van der Waals surface area (Å²) >= 11 is 0. The lowest BCUT2D eigenvalue weighted by Crippen LogP contribution is -2.17. The lowest BCUT2D eigenvalue weighted by molar-refractivity contribution is -0.112. The van der Waals surface area contributed by atoms with E-state index in [1.807, 2.05) is 65.8 Å². The van der Waals surface area contributed by atoms with Crippen molar-refractivity contribution in [2.75, 3.05) is 0 Å². The standard InChI is InChI=1S/C21H25NO2/c1-11-7-13(3)17(14(4)8-11)19(21(22)24)20(23)18-15(5)9-12(2)10-16(18)6/h7-10,23H,1-6H3,(H2,22,24)/b20-19-. The van der Waals surface area contributed by atoms with E-state index in [-0.39, 0.29) is 11.3 Å². The highest BCUT2D eigenvalue weighted by Gasteiger charge is 2.22. The largest absolute Gasteiger partial charge is 0.506 e. The molecule has 0 saturated carbocycles. The molecule has 126 valence electrons. The van der Waals surface area contributed by atoms with Gasteiger partial charge in [0.05, 0.1) is 5.57 Å². The highest BCUT2D eigenvalue weighted by Crippen LogP contribution is 2.33. The van der Waals surface area contributed by atoms with Gasteiger partial charge in [-0.2, -0.15) is 0 Å². The van der Waals surface area contributed by atoms with Gasteiger partial charge in [-0.1, -0.05) is 35.4 Å². The van der Waals surface area contributed by atoms with E-state index in [2.05, 4.69) is 0 Å². The first-order valence-electron chi connectivity index (χ1n) is 8.03. The van der Waals surface area contributed by atoms with Gasteiger partial charge in [0.1, 0.15) is 5.76 Å². The summed E-state index contributed by atoms with van der Waals surface area (Å²) in [6.07, 6.45) is 0. The molecule has 2 aromatic rings. The van der Waals surface area contributed by atoms with E-state index < -0.39 is 5.91 Å². The van der Waals surface area contributed by atoms with Crippen LogP contribution >= 0.6 is 0 Å². The van der Waals surface area contributed by atoms with E-state index in [1.165, 1.54) is 0 Å². The maximum atomic E-state index is 12.2. The average molecular weight is 323 g/mol. The minimum absolute atomic E-state index is 0.0486. The molecule has 0 aliphatic heterocycles. The lowest BCUT2D eigenvalue weighted by Gasteiger charge is -2.17. The molecule has 0 spiro atoms. The van der Waals surface area contributed by atoms with E-state index in [0.29, 0.717) is 11.1 Å². The number of aryl methyl sites for hydroxylation is 6. The Bertz CT molecular complexity index is 814. The molecule has 0 unspecified atom stereocenters. The molecule has 0 saturated heterocycles. The van der Waals surface area contributed by atoms with Crippen LogP contribution in [0.1, 0.15) is 44.5 Å². The molecule has 3 heteroatoms. The molecule has 0 aliphatic rings. The zero-order valence-electron chi connectivity index (χ0n) is 15.2. The number of nitrogens with two attached hydrogens (primary N) is 1. The first kappa shape index (κ1) is 17.8. The summed E-state index contributed by atoms with van der Waals surface area (Å²) in [6, 6.07) is 7.97. The molecule has 2 rings (SSSR count). The molecular formula is C21H25NO2. The van der Waals surface area contributed by atoms with Crippen LogP contribution in [0.15, 0.2) is 24.3 Å². The number of aliphatic hydroxyl groups is 1. The van der Waals surface area contributed by atoms with Crippen LogP contribution in [-0.2, 0) is 4.79 Å². The van der Waals surface area contributed by atoms with Gasteiger partial charge in [-0.15, -0.1) is 0 Å². The van der Waals surface area contributed by atoms with Crippen molar-refractivity contribution in [3.63, 3.8) is 0 Å². The van der Waals surface area contributed by atoms with Crippen LogP contribution in [0, 0.1) is 41.5 Å². The first-order valence-corrected chi connectivity index (χ1v) is 8.03. The number of primary amides is 1. The Morgan fingerprint density at radius 2 is 1.08 bits per heavy atom. The second kappa shape index (κ2) is 6.52. The van der Waals surface area contributed by atoms with Crippen LogP contribution in [0.3, 0.4) is 0 Å². The smallest absolute Gasteiger partial charge is 0.253 e. The number of rotatable bonds is 3. The van der Waals surface area contributed by atoms with Crippen LogP contribution in [0.5, 0.6) is 0 Å². The first-order chi connectivity index (χ1) is 11.1. The minimum atomic E-state index is -0.623. The Labute approximate surface area is 143 Å². The van der Waals surface area contributed by atoms with Crippen molar-refractivity contribution in [3.05, 3.63) is 68.8 Å². The van der Waals surface area contributed by atoms with Gasteiger partial charge in [-0.25, -0.2) is 0 Å². The Kier molecular flexibility index (Phi) is 4.83. The Morgan fingerprint density at radius 1 is 0.750 bits per heavy atom. The number of amides is 1. The van der Waals surface area contributed by atoms with Crippen LogP contribution in [-0.4, -0.2) is 11.0 Å². The minimum Gasteiger partial charge on any atom is -0.506 e. The third kappa shape index (κ3) is 3.21. The van der Waals surface area contributed by atoms with Crippen LogP contribution in [0.25, 0.3) is 11.3 Å². The van der Waals surface area contributed by atoms with E-state index in [9.17, 15) is 9.90 Å². The van der Waals surface area contributed by atoms with E-state index in [1.54, 1.807) is 0 Å². The van der Waals surface area contributed by atoms with Crippen LogP contribution in [0.2, 0.25) is 0 Å². The van der Waals surface area contributed by atoms with Gasteiger partial charge in [0.25, 0.3) is 5.91 Å². The molecule has 0 bridgehead atoms. The van der Waals surface area contributed by atoms with Crippen molar-refractivity contribution in [1.82, 2.24) is 0 Å². The monoisotopic (exact) mass is 323 g/mol. The molecule has 1 amide bonds. The molecule has 0 fully saturated rings. The molecule has 0 aliphatic carbocycles. The summed E-state index contributed by atoms with van der Waals surface area (Å²) in [7, 11) is 0. The van der Waals surface area contributed by atoms with Crippen molar-refractivity contribution in [3.8, 4) is 0 Å². The van der Waals surface area contributed by atoms with E-state index in [0.717, 1.165) is 33.4 Å². The number of carbonyl (C=O) groups excluding carboxylic acids is 1. The van der Waals surface area contributed by atoms with Crippen LogP contribution < -0.4 is 5.73 Å². The zero-order valence-corrected chi connectivity index (χ0v) is 15.2. The maximum absolute atomic E-state index is 12.2. The highest BCUT2D eigenvalue weighted by atomic mass is 16.3. The molecule has 0 atom stereocenters. The van der Waals surface area contributed by atoms with Gasteiger partial charge >= 0.3 is 0 Å². The normalized spacial score (nSPS) is 12.1. The molecule has 2 aromatic carbocycles. The predicted octanol–water partition coefficient (Wildman–Crippen LogP) is 4.45. The SMILES string of the molecule is Cc1cc(C)c(/C(O)=C(/C(N)=O)c2c(C)cc(C)cc2C)c(C)c1. The van der Waals surface area contributed by atoms with Crippen molar-refractivity contribution in [2.24, 2.45) is 5.73 Å². The summed E-state index contributed by atoms with van der Waals surface area (Å²) in [4.78, 5) is 12.2. The Balaban J connectivity index is 2.86. The average Bonchev–Trinajstić information content (AvgIpc) is 2.40. The van der Waals surface area contributed by atoms with Gasteiger partial charge in [0, 0.05) is 5.56 Å². The van der Waals surface area contributed by atoms with Crippen LogP contribution in [0.4, 0.5) is 0 Å². The number of carbonyl (C=O) groups is 1. The molecule has 0 heterocycles. The fraction of sp³-hybridized carbons (Fsp3) is 0.286. The van der Waals surface area contributed by atoms with Crippen molar-refractivity contribution in [1.29, 1.82) is 0 Å². The summed E-state index contributed by atoms with van der Waals surface area (Å²) < 4.78 is 0. The van der Waals surface area contributed by atoms with Crippen molar-refractivity contribution >= 4 is 17.2 Å². The Morgan fingerprint density at radius 3 is 1.42 bits per heavy atom. The molecular weight excluding hydrogens is 298 g/mol. The van der Waals surface area contributed by atoms with Gasteiger partial charge in [0.15, 0.2) is 0 Å². The topological polar surface area (TPSA) is 63.3 Å². The summed E-state index contributed by atoms with van der Waals surface area (Å²) in [5, 5.41) is 11.0. The summed E-state index contributed by atoms with van der Waals surface area (Å²) in [5.74, 6) is -0.672. The third-order valence-electron chi connectivity index (χ3n) is 4.32. The van der Waals surface area contributed by atoms with Gasteiger partial charge < -0.3 is 10.8 Å². The third-order valence-corrected chi connectivity index (χ3v) is 4.32. The lowest BCUT2D eigenvalue weighted by atomic mass is 9.89. The fourth-order valence-electron chi connectivity index (χ4n) is 3.61. The van der Waals surface area contributed by atoms with Gasteiger partial charge in [-0.3, -0.25) is 4.79 Å². The molecule has 0 radical (unpaired) electrons. The molecule has 0 aromatic heterocycles. The van der Waals surface area contributed by atoms with E-state index in [4.69, 9.17) is 5.73 Å². The number of benzene rings is 2. The van der Waals surface area contributed by atoms with Crippen molar-refractivity contribution in [2.45, 2.75) is 41.5 Å². The Hall–Kier alpha value is -2.55. The number of aliphatic hydroxyl groups excluding tert-OH is 1. The second-order valence-corrected chi connectivity index (χ2v) is 6.64. The molecule has 3 nitrogen and oxygen atoms in total. The van der Waals surface area contributed by atoms with Crippen molar-refractivity contribution < 1.29 is 9.90 Å². The molecule has 3 N–H and O–H groups in total. The molecule has 24 heavy (non-hydrogen) atoms. The summed E-state index contributed by atoms with van der Waals surface area (Å²) in [6.45, 7) is 11.7. The number of hydrogen-bond acceptors (Lipinski definition) is 2. The zero-order chi connectivity index (χ0) is 18.2. The van der Waals surface area contributed by atoms with Gasteiger partial charge in [0.2, 0.25) is 0 Å². The maximum Gasteiger partial charge on any atom is 0.253 e. The summed E-state index contributed by atoms with van der Waals surface area (Å²) in [5.41, 5.74) is 13.1. The highest BCUT2D eigenvalue weighted by molar-refractivity contribution is 6.26. The second-order valence-electron chi connectivity index (χ2n) is 6.64. The van der Waals surface area contributed by atoms with E-state index >= 15 is 0 Å². The number of hydrogen-bond donors (Lipinski definition) is 2. The quantitative estimate of drug-likeness (QED) is 0.498.